The van der Waals surface area contributed by atoms with Crippen molar-refractivity contribution < 1.29 is 19.1 Å². The highest BCUT2D eigenvalue weighted by molar-refractivity contribution is 14.1. The number of ether oxygens (including phenoxy) is 2. The van der Waals surface area contributed by atoms with E-state index in [2.05, 4.69) is 38.1 Å². The molecule has 1 aromatic heterocycles. The SMILES string of the molecule is CCOc1cc(C=NNC(=O)c2[nH]c3c(I)cccc3c2-c2ccccc2)ccc1OC(=O)c1ccccc1. The maximum Gasteiger partial charge on any atom is 0.343 e. The molecule has 0 atom stereocenters. The molecule has 194 valence electrons. The third kappa shape index (κ3) is 5.85. The molecule has 0 unspecified atom stereocenters. The second-order valence-electron chi connectivity index (χ2n) is 8.50. The zero-order valence-corrected chi connectivity index (χ0v) is 23.1. The molecule has 1 amide bonds. The van der Waals surface area contributed by atoms with Gasteiger partial charge in [0.25, 0.3) is 5.91 Å². The second kappa shape index (κ2) is 12.0. The van der Waals surface area contributed by atoms with Crippen LogP contribution >= 0.6 is 22.6 Å². The van der Waals surface area contributed by atoms with Crippen LogP contribution in [0.1, 0.15) is 33.3 Å². The van der Waals surface area contributed by atoms with Crippen molar-refractivity contribution in [2.45, 2.75) is 6.92 Å². The monoisotopic (exact) mass is 629 g/mol. The first-order chi connectivity index (χ1) is 19.0. The van der Waals surface area contributed by atoms with Crippen LogP contribution in [0.25, 0.3) is 22.0 Å². The van der Waals surface area contributed by atoms with Crippen molar-refractivity contribution in [3.63, 3.8) is 0 Å². The number of nitrogens with one attached hydrogen (secondary N) is 2. The Bertz CT molecular complexity index is 1660. The number of carbonyl (C=O) groups excluding carboxylic acids is 2. The average molecular weight is 629 g/mol. The van der Waals surface area contributed by atoms with Gasteiger partial charge in [-0.05, 0) is 77.0 Å². The molecule has 5 aromatic rings. The Morgan fingerprint density at radius 1 is 0.923 bits per heavy atom. The summed E-state index contributed by atoms with van der Waals surface area (Å²) in [7, 11) is 0. The van der Waals surface area contributed by atoms with Gasteiger partial charge in [0.05, 0.1) is 23.9 Å². The van der Waals surface area contributed by atoms with E-state index in [-0.39, 0.29) is 5.91 Å². The fourth-order valence-electron chi connectivity index (χ4n) is 4.17. The summed E-state index contributed by atoms with van der Waals surface area (Å²) in [5.74, 6) is -0.149. The minimum atomic E-state index is -0.479. The van der Waals surface area contributed by atoms with Gasteiger partial charge < -0.3 is 14.5 Å². The molecule has 2 N–H and O–H groups in total. The summed E-state index contributed by atoms with van der Waals surface area (Å²) in [6.07, 6.45) is 1.51. The van der Waals surface area contributed by atoms with E-state index in [9.17, 15) is 9.59 Å². The molecular formula is C31H24IN3O4. The van der Waals surface area contributed by atoms with Crippen molar-refractivity contribution in [1.82, 2.24) is 10.4 Å². The number of carbonyl (C=O) groups is 2. The average Bonchev–Trinajstić information content (AvgIpc) is 3.36. The number of nitrogens with zero attached hydrogens (tertiary/aromatic N) is 1. The lowest BCUT2D eigenvalue weighted by atomic mass is 10.0. The van der Waals surface area contributed by atoms with E-state index < -0.39 is 5.97 Å². The molecule has 1 heterocycles. The van der Waals surface area contributed by atoms with Crippen molar-refractivity contribution in [2.75, 3.05) is 6.61 Å². The first-order valence-corrected chi connectivity index (χ1v) is 13.4. The van der Waals surface area contributed by atoms with Crippen LogP contribution in [0.15, 0.2) is 102 Å². The molecule has 0 aliphatic carbocycles. The Morgan fingerprint density at radius 2 is 1.67 bits per heavy atom. The molecule has 0 fully saturated rings. The van der Waals surface area contributed by atoms with E-state index in [0.29, 0.717) is 34.9 Å². The first-order valence-electron chi connectivity index (χ1n) is 12.3. The minimum Gasteiger partial charge on any atom is -0.490 e. The van der Waals surface area contributed by atoms with Gasteiger partial charge in [-0.15, -0.1) is 0 Å². The summed E-state index contributed by atoms with van der Waals surface area (Å²) in [5, 5.41) is 5.14. The van der Waals surface area contributed by atoms with Crippen LogP contribution in [0.4, 0.5) is 0 Å². The zero-order valence-electron chi connectivity index (χ0n) is 21.0. The molecule has 0 aliphatic rings. The summed E-state index contributed by atoms with van der Waals surface area (Å²) >= 11 is 2.25. The molecule has 7 nitrogen and oxygen atoms in total. The summed E-state index contributed by atoms with van der Waals surface area (Å²) in [6, 6.07) is 29.6. The lowest BCUT2D eigenvalue weighted by molar-refractivity contribution is 0.0728. The molecule has 4 aromatic carbocycles. The van der Waals surface area contributed by atoms with Crippen LogP contribution in [0.2, 0.25) is 0 Å². The zero-order chi connectivity index (χ0) is 27.2. The minimum absolute atomic E-state index is 0.298. The van der Waals surface area contributed by atoms with E-state index in [1.54, 1.807) is 42.5 Å². The molecule has 0 bridgehead atoms. The van der Waals surface area contributed by atoms with Gasteiger partial charge in [0, 0.05) is 14.5 Å². The number of benzene rings is 4. The van der Waals surface area contributed by atoms with Crippen molar-refractivity contribution >= 4 is 51.6 Å². The van der Waals surface area contributed by atoms with Gasteiger partial charge in [-0.25, -0.2) is 10.2 Å². The number of para-hydroxylation sites is 1. The highest BCUT2D eigenvalue weighted by atomic mass is 127. The summed E-state index contributed by atoms with van der Waals surface area (Å²) in [5.41, 5.74) is 6.80. The molecule has 5 rings (SSSR count). The quantitative estimate of drug-likeness (QED) is 0.0648. The van der Waals surface area contributed by atoms with E-state index in [4.69, 9.17) is 9.47 Å². The molecule has 0 spiro atoms. The number of esters is 1. The third-order valence-electron chi connectivity index (χ3n) is 5.93. The lowest BCUT2D eigenvalue weighted by Crippen LogP contribution is -2.19. The number of hydrogen-bond donors (Lipinski definition) is 2. The number of fused-ring (bicyclic) bond motifs is 1. The van der Waals surface area contributed by atoms with Gasteiger partial charge in [0.1, 0.15) is 5.69 Å². The summed E-state index contributed by atoms with van der Waals surface area (Å²) in [4.78, 5) is 29.0. The molecule has 0 saturated heterocycles. The van der Waals surface area contributed by atoms with Crippen molar-refractivity contribution in [3.05, 3.63) is 117 Å². The predicted molar refractivity (Wildman–Crippen MR) is 161 cm³/mol. The van der Waals surface area contributed by atoms with Crippen molar-refractivity contribution in [1.29, 1.82) is 0 Å². The van der Waals surface area contributed by atoms with Crippen LogP contribution < -0.4 is 14.9 Å². The Balaban J connectivity index is 1.37. The van der Waals surface area contributed by atoms with Gasteiger partial charge in [-0.2, -0.15) is 5.10 Å². The van der Waals surface area contributed by atoms with E-state index in [1.807, 2.05) is 61.5 Å². The van der Waals surface area contributed by atoms with Crippen LogP contribution in [0.5, 0.6) is 11.5 Å². The third-order valence-corrected chi connectivity index (χ3v) is 6.83. The van der Waals surface area contributed by atoms with Gasteiger partial charge in [0.15, 0.2) is 11.5 Å². The molecule has 0 saturated carbocycles. The number of H-pyrrole nitrogens is 1. The van der Waals surface area contributed by atoms with Crippen LogP contribution in [0.3, 0.4) is 0 Å². The molecule has 0 radical (unpaired) electrons. The number of aromatic amines is 1. The fourth-order valence-corrected chi connectivity index (χ4v) is 4.80. The van der Waals surface area contributed by atoms with E-state index in [0.717, 1.165) is 25.6 Å². The van der Waals surface area contributed by atoms with Gasteiger partial charge in [0.2, 0.25) is 0 Å². The highest BCUT2D eigenvalue weighted by Crippen LogP contribution is 2.34. The largest absolute Gasteiger partial charge is 0.490 e. The second-order valence-corrected chi connectivity index (χ2v) is 9.66. The van der Waals surface area contributed by atoms with E-state index in [1.165, 1.54) is 6.21 Å². The Morgan fingerprint density at radius 3 is 2.41 bits per heavy atom. The molecule has 39 heavy (non-hydrogen) atoms. The molecule has 0 aliphatic heterocycles. The maximum absolute atomic E-state index is 13.2. The number of rotatable bonds is 8. The van der Waals surface area contributed by atoms with Gasteiger partial charge in [-0.1, -0.05) is 60.7 Å². The van der Waals surface area contributed by atoms with Crippen LogP contribution in [0, 0.1) is 3.57 Å². The van der Waals surface area contributed by atoms with Crippen molar-refractivity contribution in [3.8, 4) is 22.6 Å². The number of hydrazone groups is 1. The molecular weight excluding hydrogens is 605 g/mol. The lowest BCUT2D eigenvalue weighted by Gasteiger charge is -2.11. The fraction of sp³-hybridized carbons (Fsp3) is 0.0645. The number of halogens is 1. The Kier molecular flexibility index (Phi) is 8.02. The Hall–Kier alpha value is -4.44. The Labute approximate surface area is 239 Å². The maximum atomic E-state index is 13.2. The number of amides is 1. The van der Waals surface area contributed by atoms with Gasteiger partial charge in [-0.3, -0.25) is 4.79 Å². The van der Waals surface area contributed by atoms with Crippen LogP contribution in [-0.2, 0) is 0 Å². The first kappa shape index (κ1) is 26.2. The standard InChI is InChI=1S/C31H24IN3O4/c1-2-38-26-18-20(16-17-25(26)39-31(37)22-12-7-4-8-13-22)19-33-35-30(36)29-27(21-10-5-3-6-11-21)23-14-9-15-24(32)28(23)34-29/h3-19,34H,2H2,1H3,(H,35,36). The van der Waals surface area contributed by atoms with Crippen molar-refractivity contribution in [2.24, 2.45) is 5.10 Å². The normalized spacial score (nSPS) is 11.0. The number of hydrogen-bond acceptors (Lipinski definition) is 5. The molecule has 8 heteroatoms. The van der Waals surface area contributed by atoms with E-state index >= 15 is 0 Å². The predicted octanol–water partition coefficient (Wildman–Crippen LogP) is 6.82. The van der Waals surface area contributed by atoms with Gasteiger partial charge >= 0.3 is 5.97 Å². The number of aromatic nitrogens is 1. The highest BCUT2D eigenvalue weighted by Gasteiger charge is 2.20. The smallest absolute Gasteiger partial charge is 0.343 e. The van der Waals surface area contributed by atoms with Crippen LogP contribution in [-0.4, -0.2) is 29.7 Å². The summed E-state index contributed by atoms with van der Waals surface area (Å²) < 4.78 is 12.3. The topological polar surface area (TPSA) is 92.8 Å². The summed E-state index contributed by atoms with van der Waals surface area (Å²) in [6.45, 7) is 2.23.